The van der Waals surface area contributed by atoms with Gasteiger partial charge in [-0.3, -0.25) is 0 Å². The smallest absolute Gasteiger partial charge is 0.811 e. The molecular formula is C12H27Fe2O9P3. The van der Waals surface area contributed by atoms with E-state index >= 15 is 0 Å². The van der Waals surface area contributed by atoms with Gasteiger partial charge in [0.2, 0.25) is 0 Å². The van der Waals surface area contributed by atoms with Crippen LogP contribution in [0.3, 0.4) is 0 Å². The molecule has 0 rings (SSSR count). The molecule has 0 atom stereocenters. The Morgan fingerprint density at radius 3 is 0.692 bits per heavy atom. The average Bonchev–Trinajstić information content (AvgIpc) is 2.39. The number of hydrogen-bond donors (Lipinski definition) is 0. The summed E-state index contributed by atoms with van der Waals surface area (Å²) in [5, 5.41) is 0. The molecule has 0 aliphatic rings. The molecule has 0 aliphatic heterocycles. The van der Waals surface area contributed by atoms with Gasteiger partial charge in [-0.2, -0.15) is 0 Å². The van der Waals surface area contributed by atoms with Crippen LogP contribution >= 0.6 is 22.8 Å². The summed E-state index contributed by atoms with van der Waals surface area (Å²) >= 11 is 0. The minimum atomic E-state index is -4.18. The Kier molecular flexibility index (Phi) is 31.1. The third-order valence-electron chi connectivity index (χ3n) is 2.36. The van der Waals surface area contributed by atoms with Crippen LogP contribution in [-0.4, -0.2) is 18.5 Å². The van der Waals surface area contributed by atoms with Crippen LogP contribution in [0.2, 0.25) is 0 Å². The first-order valence-corrected chi connectivity index (χ1v) is 12.9. The summed E-state index contributed by atoms with van der Waals surface area (Å²) in [4.78, 5) is 59.2. The van der Waals surface area contributed by atoms with Crippen molar-refractivity contribution >= 4 is 22.8 Å². The molecule has 0 bridgehead atoms. The number of hydrogen-bond acceptors (Lipinski definition) is 9. The maximum atomic E-state index is 9.86. The van der Waals surface area contributed by atoms with Gasteiger partial charge in [0, 0.05) is 0 Å². The molecule has 9 nitrogen and oxygen atoms in total. The van der Waals surface area contributed by atoms with Gasteiger partial charge in [0.15, 0.2) is 0 Å². The molecule has 2 radical (unpaired) electrons. The van der Waals surface area contributed by atoms with Crippen molar-refractivity contribution < 1.29 is 77.2 Å². The van der Waals surface area contributed by atoms with Gasteiger partial charge in [-0.25, -0.2) is 0 Å². The quantitative estimate of drug-likeness (QED) is 0.274. The molecular weight excluding hydrogens is 493 g/mol. The Hall–Kier alpha value is 1.49. The number of rotatable bonds is 9. The van der Waals surface area contributed by atoms with Gasteiger partial charge in [0.05, 0.1) is 0 Å². The summed E-state index contributed by atoms with van der Waals surface area (Å²) in [6, 6.07) is 0. The van der Waals surface area contributed by atoms with Crippen LogP contribution in [-0.2, 0) is 47.8 Å². The third kappa shape index (κ3) is 56.2. The molecule has 0 aromatic rings. The summed E-state index contributed by atoms with van der Waals surface area (Å²) in [6.45, 7) is 5.53. The molecule has 26 heavy (non-hydrogen) atoms. The fourth-order valence-corrected chi connectivity index (χ4v) is 3.17. The zero-order chi connectivity index (χ0) is 19.9. The second-order valence-electron chi connectivity index (χ2n) is 5.06. The number of unbranched alkanes of at least 4 members (excludes halogenated alkanes) is 3. The SMILES string of the molecule is CCCCP(=O)([O-])[O-].CCCCP(=O)([O-])[O-].CCCCP(=O)([O-])[O-].[Fe+3].[Fe+3]. The summed E-state index contributed by atoms with van der Waals surface area (Å²) in [7, 11) is -12.5. The maximum Gasteiger partial charge on any atom is 3.00 e. The predicted molar refractivity (Wildman–Crippen MR) is 82.1 cm³/mol. The molecule has 0 saturated heterocycles. The topological polar surface area (TPSA) is 190 Å². The van der Waals surface area contributed by atoms with E-state index in [1.807, 2.05) is 20.8 Å². The van der Waals surface area contributed by atoms with Gasteiger partial charge < -0.3 is 43.1 Å². The van der Waals surface area contributed by atoms with Crippen LogP contribution in [0.15, 0.2) is 0 Å². The van der Waals surface area contributed by atoms with Gasteiger partial charge in [-0.1, -0.05) is 62.8 Å². The van der Waals surface area contributed by atoms with Crippen molar-refractivity contribution in [3.05, 3.63) is 0 Å². The molecule has 160 valence electrons. The zero-order valence-electron chi connectivity index (χ0n) is 15.1. The molecule has 0 unspecified atom stereocenters. The van der Waals surface area contributed by atoms with Crippen LogP contribution in [0.4, 0.5) is 0 Å². The first-order chi connectivity index (χ1) is 10.7. The Morgan fingerprint density at radius 1 is 0.500 bits per heavy atom. The molecule has 0 aromatic carbocycles. The van der Waals surface area contributed by atoms with E-state index in [-0.39, 0.29) is 52.6 Å². The molecule has 0 fully saturated rings. The van der Waals surface area contributed by atoms with Crippen LogP contribution in [0, 0.1) is 0 Å². The standard InChI is InChI=1S/3C4H11O3P.2Fe/c3*1-2-3-4-8(5,6)7;;/h3*2-4H2,1H3,(H2,5,6,7);;/q;;;2*+3/p-6. The van der Waals surface area contributed by atoms with Gasteiger partial charge in [0.1, 0.15) is 0 Å². The van der Waals surface area contributed by atoms with Crippen LogP contribution in [0.5, 0.6) is 0 Å². The van der Waals surface area contributed by atoms with Crippen molar-refractivity contribution in [1.29, 1.82) is 0 Å². The molecule has 0 N–H and O–H groups in total. The van der Waals surface area contributed by atoms with Gasteiger partial charge in [-0.15, -0.1) is 0 Å². The van der Waals surface area contributed by atoms with Crippen LogP contribution < -0.4 is 29.4 Å². The Morgan fingerprint density at radius 2 is 0.654 bits per heavy atom. The van der Waals surface area contributed by atoms with Crippen molar-refractivity contribution in [3.63, 3.8) is 0 Å². The minimum absolute atomic E-state index is 0. The normalized spacial score (nSPS) is 11.0. The predicted octanol–water partition coefficient (Wildman–Crippen LogP) is -0.904. The van der Waals surface area contributed by atoms with Crippen molar-refractivity contribution in [1.82, 2.24) is 0 Å². The van der Waals surface area contributed by atoms with E-state index in [1.165, 1.54) is 0 Å². The third-order valence-corrected chi connectivity index (χ3v) is 4.95. The minimum Gasteiger partial charge on any atom is -0.811 e. The molecule has 0 saturated carbocycles. The van der Waals surface area contributed by atoms with Gasteiger partial charge in [-0.05, 0) is 37.7 Å². The Labute approximate surface area is 177 Å². The fraction of sp³-hybridized carbons (Fsp3) is 1.00. The molecule has 14 heteroatoms. The van der Waals surface area contributed by atoms with Crippen molar-refractivity contribution in [2.75, 3.05) is 18.5 Å². The first kappa shape index (κ1) is 38.1. The largest absolute Gasteiger partial charge is 3.00 e. The molecule has 0 aliphatic carbocycles. The second kappa shape index (κ2) is 21.2. The van der Waals surface area contributed by atoms with E-state index in [4.69, 9.17) is 0 Å². The molecule has 0 aromatic heterocycles. The summed E-state index contributed by atoms with van der Waals surface area (Å²) in [6.07, 6.45) is 3.17. The van der Waals surface area contributed by atoms with Gasteiger partial charge >= 0.3 is 34.1 Å². The van der Waals surface area contributed by atoms with E-state index in [0.717, 1.165) is 19.3 Å². The summed E-state index contributed by atoms with van der Waals surface area (Å²) < 4.78 is 29.6. The second-order valence-corrected chi connectivity index (χ2v) is 10.1. The maximum absolute atomic E-state index is 9.86. The summed E-state index contributed by atoms with van der Waals surface area (Å²) in [5.41, 5.74) is 0. The molecule has 0 heterocycles. The van der Waals surface area contributed by atoms with E-state index < -0.39 is 22.8 Å². The fourth-order valence-electron chi connectivity index (χ4n) is 1.06. The molecule has 0 spiro atoms. The Bertz CT molecular complexity index is 358. The first-order valence-electron chi connectivity index (χ1n) is 7.71. The monoisotopic (exact) mass is 520 g/mol. The van der Waals surface area contributed by atoms with E-state index in [2.05, 4.69) is 0 Å². The van der Waals surface area contributed by atoms with E-state index in [0.29, 0.717) is 19.3 Å². The van der Waals surface area contributed by atoms with Crippen molar-refractivity contribution in [2.45, 2.75) is 59.3 Å². The molecule has 0 amide bonds. The van der Waals surface area contributed by atoms with Crippen LogP contribution in [0.25, 0.3) is 0 Å². The van der Waals surface area contributed by atoms with Crippen LogP contribution in [0.1, 0.15) is 59.3 Å². The Balaban J connectivity index is -0.0000000817. The van der Waals surface area contributed by atoms with E-state index in [1.54, 1.807) is 0 Å². The zero-order valence-corrected chi connectivity index (χ0v) is 20.0. The van der Waals surface area contributed by atoms with Crippen molar-refractivity contribution in [2.24, 2.45) is 0 Å². The average molecular weight is 520 g/mol. The van der Waals surface area contributed by atoms with Crippen molar-refractivity contribution in [3.8, 4) is 0 Å². The van der Waals surface area contributed by atoms with E-state index in [9.17, 15) is 43.1 Å². The van der Waals surface area contributed by atoms with Gasteiger partial charge in [0.25, 0.3) is 0 Å². The summed E-state index contributed by atoms with van der Waals surface area (Å²) in [5.74, 6) is 0.